The topological polar surface area (TPSA) is 293 Å². The Morgan fingerprint density at radius 3 is 1.48 bits per heavy atom. The van der Waals surface area contributed by atoms with Crippen LogP contribution in [0.5, 0.6) is 0 Å². The van der Waals surface area contributed by atoms with Crippen molar-refractivity contribution in [3.05, 3.63) is 0 Å². The number of aliphatic hydroxyl groups is 2. The predicted octanol–water partition coefficient (Wildman–Crippen LogP) is -3.40. The minimum Gasteiger partial charge on any atom is -0.480 e. The van der Waals surface area contributed by atoms with Gasteiger partial charge < -0.3 is 57.9 Å². The average molecular weight is 743 g/mol. The first-order valence-corrected chi connectivity index (χ1v) is 17.5. The van der Waals surface area contributed by atoms with Crippen molar-refractivity contribution in [2.45, 2.75) is 123 Å². The molecule has 1 aliphatic rings. The Labute approximate surface area is 303 Å². The molecule has 8 atom stereocenters. The summed E-state index contributed by atoms with van der Waals surface area (Å²) in [5.74, 6) is -7.53. The van der Waals surface area contributed by atoms with E-state index >= 15 is 0 Å². The van der Waals surface area contributed by atoms with E-state index in [-0.39, 0.29) is 18.2 Å². The van der Waals surface area contributed by atoms with Crippen LogP contribution in [0.25, 0.3) is 0 Å². The molecule has 0 aliphatic carbocycles. The fraction of sp³-hybridized carbons (Fsp3) is 0.758. The van der Waals surface area contributed by atoms with Gasteiger partial charge in [0.2, 0.25) is 41.4 Å². The molecule has 7 amide bonds. The van der Waals surface area contributed by atoms with Crippen LogP contribution in [0, 0.1) is 17.8 Å². The van der Waals surface area contributed by atoms with E-state index in [1.807, 2.05) is 5.32 Å². The molecule has 0 radical (unpaired) electrons. The lowest BCUT2D eigenvalue weighted by Crippen LogP contribution is -2.61. The molecule has 1 aliphatic heterocycles. The monoisotopic (exact) mass is 742 g/mol. The van der Waals surface area contributed by atoms with E-state index < -0.39 is 115 Å². The largest absolute Gasteiger partial charge is 0.480 e. The summed E-state index contributed by atoms with van der Waals surface area (Å²) in [6, 6.07) is -9.26. The lowest BCUT2D eigenvalue weighted by Gasteiger charge is -2.29. The summed E-state index contributed by atoms with van der Waals surface area (Å²) < 4.78 is 0. The zero-order valence-electron chi connectivity index (χ0n) is 31.2. The van der Waals surface area contributed by atoms with Crippen molar-refractivity contribution < 1.29 is 53.7 Å². The van der Waals surface area contributed by atoms with E-state index in [0.717, 1.165) is 6.42 Å². The highest BCUT2D eigenvalue weighted by molar-refractivity contribution is 5.97. The molecule has 52 heavy (non-hydrogen) atoms. The summed E-state index contributed by atoms with van der Waals surface area (Å²) in [6.07, 6.45) is 1.63. The number of rotatable bonds is 21. The van der Waals surface area contributed by atoms with Crippen molar-refractivity contribution >= 4 is 47.3 Å². The Morgan fingerprint density at radius 1 is 0.577 bits per heavy atom. The Balaban J connectivity index is 2.98. The molecule has 0 bridgehead atoms. The van der Waals surface area contributed by atoms with Gasteiger partial charge >= 0.3 is 5.97 Å². The number of hydrogen-bond donors (Lipinski definition) is 11. The third-order valence-electron chi connectivity index (χ3n) is 8.33. The Hall–Kier alpha value is -4.36. The zero-order valence-corrected chi connectivity index (χ0v) is 31.2. The Morgan fingerprint density at radius 2 is 1.02 bits per heavy atom. The van der Waals surface area contributed by atoms with E-state index in [9.17, 15) is 43.5 Å². The Bertz CT molecular complexity index is 1270. The summed E-state index contributed by atoms with van der Waals surface area (Å²) >= 11 is 0. The third kappa shape index (κ3) is 14.7. The molecule has 0 saturated carbocycles. The van der Waals surface area contributed by atoms with Gasteiger partial charge in [-0.25, -0.2) is 4.79 Å². The lowest BCUT2D eigenvalue weighted by molar-refractivity contribution is -0.143. The minimum absolute atomic E-state index is 0.115. The fourth-order valence-corrected chi connectivity index (χ4v) is 5.17. The van der Waals surface area contributed by atoms with Gasteiger partial charge in [-0.1, -0.05) is 41.5 Å². The minimum atomic E-state index is -1.67. The smallest absolute Gasteiger partial charge is 0.328 e. The quantitative estimate of drug-likeness (QED) is 0.0549. The van der Waals surface area contributed by atoms with Crippen LogP contribution in [0.15, 0.2) is 0 Å². The van der Waals surface area contributed by atoms with Crippen molar-refractivity contribution in [3.8, 4) is 0 Å². The van der Waals surface area contributed by atoms with Crippen LogP contribution in [0.1, 0.15) is 74.7 Å². The lowest BCUT2D eigenvalue weighted by atomic mass is 9.98. The molecule has 19 nitrogen and oxygen atoms in total. The Kier molecular flexibility index (Phi) is 19.2. The molecular weight excluding hydrogens is 684 g/mol. The van der Waals surface area contributed by atoms with Crippen molar-refractivity contribution in [1.82, 2.24) is 42.5 Å². The highest BCUT2D eigenvalue weighted by Gasteiger charge is 2.35. The highest BCUT2D eigenvalue weighted by atomic mass is 16.4. The van der Waals surface area contributed by atoms with Gasteiger partial charge in [0.25, 0.3) is 0 Å². The van der Waals surface area contributed by atoms with Crippen LogP contribution in [0.4, 0.5) is 0 Å². The van der Waals surface area contributed by atoms with Gasteiger partial charge in [0, 0.05) is 0 Å². The van der Waals surface area contributed by atoms with Crippen LogP contribution in [0.2, 0.25) is 0 Å². The second kappa shape index (κ2) is 21.9. The molecule has 0 aromatic rings. The van der Waals surface area contributed by atoms with Crippen LogP contribution < -0.4 is 42.5 Å². The summed E-state index contributed by atoms with van der Waals surface area (Å²) in [5.41, 5.74) is 0. The van der Waals surface area contributed by atoms with Gasteiger partial charge in [-0.05, 0) is 57.4 Å². The summed E-state index contributed by atoms with van der Waals surface area (Å²) in [4.78, 5) is 102. The molecule has 1 heterocycles. The van der Waals surface area contributed by atoms with Crippen LogP contribution in [0.3, 0.4) is 0 Å². The van der Waals surface area contributed by atoms with E-state index in [2.05, 4.69) is 37.2 Å². The SMILES string of the molecule is CC(C)C[C@H](NC(=O)[C@@H](NC(=O)[C@@H](NC(=O)[C@H](C)NC(=O)[C@@H]1CCCN1)C(C)C)C(C)C)C(=O)N[C@@H](C)C(=O)N[C@@H](CO)C(=O)N[C@@H](CO)C(=O)O. The van der Waals surface area contributed by atoms with Crippen LogP contribution >= 0.6 is 0 Å². The molecule has 0 aromatic carbocycles. The molecule has 1 rings (SSSR count). The maximum Gasteiger partial charge on any atom is 0.328 e. The maximum absolute atomic E-state index is 13.6. The van der Waals surface area contributed by atoms with Gasteiger partial charge in [0.15, 0.2) is 0 Å². The van der Waals surface area contributed by atoms with E-state index in [1.54, 1.807) is 41.5 Å². The number of amides is 7. The predicted molar refractivity (Wildman–Crippen MR) is 187 cm³/mol. The highest BCUT2D eigenvalue weighted by Crippen LogP contribution is 2.11. The first kappa shape index (κ1) is 45.7. The van der Waals surface area contributed by atoms with Crippen molar-refractivity contribution in [2.75, 3.05) is 19.8 Å². The molecule has 0 aromatic heterocycles. The van der Waals surface area contributed by atoms with Crippen molar-refractivity contribution in [1.29, 1.82) is 0 Å². The first-order valence-electron chi connectivity index (χ1n) is 17.5. The molecule has 1 saturated heterocycles. The number of carbonyl (C=O) groups is 8. The summed E-state index contributed by atoms with van der Waals surface area (Å²) in [5, 5.41) is 48.1. The molecular formula is C33H58N8O11. The number of carbonyl (C=O) groups excluding carboxylic acids is 7. The third-order valence-corrected chi connectivity index (χ3v) is 8.33. The normalized spacial score (nSPS) is 18.2. The van der Waals surface area contributed by atoms with Gasteiger partial charge in [-0.3, -0.25) is 33.6 Å². The number of aliphatic hydroxyl groups excluding tert-OH is 2. The summed E-state index contributed by atoms with van der Waals surface area (Å²) in [7, 11) is 0. The van der Waals surface area contributed by atoms with E-state index in [1.165, 1.54) is 13.8 Å². The van der Waals surface area contributed by atoms with Gasteiger partial charge in [-0.15, -0.1) is 0 Å². The maximum atomic E-state index is 13.6. The van der Waals surface area contributed by atoms with Gasteiger partial charge in [0.1, 0.15) is 42.3 Å². The van der Waals surface area contributed by atoms with Crippen LogP contribution in [-0.2, 0) is 38.4 Å². The molecule has 1 fully saturated rings. The van der Waals surface area contributed by atoms with Gasteiger partial charge in [-0.2, -0.15) is 0 Å². The number of nitrogens with one attached hydrogen (secondary N) is 8. The molecule has 19 heteroatoms. The van der Waals surface area contributed by atoms with Gasteiger partial charge in [0.05, 0.1) is 19.3 Å². The molecule has 296 valence electrons. The van der Waals surface area contributed by atoms with Crippen LogP contribution in [-0.4, -0.2) is 131 Å². The molecule has 0 spiro atoms. The number of carboxylic acids is 1. The molecule has 11 N–H and O–H groups in total. The first-order chi connectivity index (χ1) is 24.2. The number of aliphatic carboxylic acids is 1. The average Bonchev–Trinajstić information content (AvgIpc) is 3.61. The van der Waals surface area contributed by atoms with E-state index in [0.29, 0.717) is 13.0 Å². The van der Waals surface area contributed by atoms with Crippen molar-refractivity contribution in [3.63, 3.8) is 0 Å². The standard InChI is InChI=1S/C33H58N8O11/c1-15(2)12-21(29(47)36-18(7)26(44)38-22(13-42)30(48)39-23(14-43)33(51)52)37-31(49)24(16(3)4)41-32(50)25(17(5)6)40-27(45)19(8)35-28(46)20-10-9-11-34-20/h15-25,34,42-43H,9-14H2,1-8H3,(H,35,46)(H,36,47)(H,37,49)(H,38,44)(H,39,48)(H,40,45)(H,41,50)(H,51,52)/t18-,19-,20-,21-,22-,23-,24-,25-/m0/s1. The summed E-state index contributed by atoms with van der Waals surface area (Å²) in [6.45, 7) is 12.0. The second-order valence-corrected chi connectivity index (χ2v) is 14.1. The molecule has 0 unspecified atom stereocenters. The van der Waals surface area contributed by atoms with E-state index in [4.69, 9.17) is 10.2 Å². The zero-order chi connectivity index (χ0) is 39.9. The van der Waals surface area contributed by atoms with Crippen molar-refractivity contribution in [2.24, 2.45) is 17.8 Å². The number of carboxylic acid groups (broad SMARTS) is 1. The second-order valence-electron chi connectivity index (χ2n) is 14.1. The fourth-order valence-electron chi connectivity index (χ4n) is 5.17. The number of hydrogen-bond acceptors (Lipinski definition) is 11.